The van der Waals surface area contributed by atoms with E-state index in [-0.39, 0.29) is 29.6 Å². The minimum absolute atomic E-state index is 0. The van der Waals surface area contributed by atoms with E-state index in [9.17, 15) is 0 Å². The molecule has 0 saturated heterocycles. The number of hydrogen-bond donors (Lipinski definition) is 0. The van der Waals surface area contributed by atoms with E-state index in [1.165, 1.54) is 6.42 Å². The van der Waals surface area contributed by atoms with Crippen LogP contribution in [0.15, 0.2) is 23.4 Å². The molecule has 0 spiro atoms. The first kappa shape index (κ1) is 8.70. The van der Waals surface area contributed by atoms with Crippen LogP contribution < -0.4 is 29.6 Å². The van der Waals surface area contributed by atoms with Crippen molar-refractivity contribution in [2.75, 3.05) is 0 Å². The Bertz CT molecular complexity index is 116. The van der Waals surface area contributed by atoms with Crippen molar-refractivity contribution >= 4 is 9.52 Å². The molecule has 1 rings (SSSR count). The molecule has 0 atom stereocenters. The van der Waals surface area contributed by atoms with Crippen molar-refractivity contribution in [3.63, 3.8) is 0 Å². The molecule has 2 radical (unpaired) electrons. The summed E-state index contributed by atoms with van der Waals surface area (Å²) in [5.41, 5.74) is 0. The second kappa shape index (κ2) is 4.56. The van der Waals surface area contributed by atoms with Gasteiger partial charge in [0.1, 0.15) is 0 Å². The maximum Gasteiger partial charge on any atom is 1.00 e. The largest absolute Gasteiger partial charge is 1.00 e. The van der Waals surface area contributed by atoms with Gasteiger partial charge in [-0.15, -0.1) is 0 Å². The second-order valence-corrected chi connectivity index (χ2v) is 2.72. The van der Waals surface area contributed by atoms with Crippen molar-refractivity contribution in [3.05, 3.63) is 23.4 Å². The average Bonchev–Trinajstić information content (AvgIpc) is 2.14. The quantitative estimate of drug-likeness (QED) is 0.383. The maximum atomic E-state index is 2.22. The summed E-state index contributed by atoms with van der Waals surface area (Å²) < 4.78 is 0. The Morgan fingerprint density at radius 3 is 2.62 bits per heavy atom. The van der Waals surface area contributed by atoms with Crippen molar-refractivity contribution in [3.8, 4) is 0 Å². The van der Waals surface area contributed by atoms with Gasteiger partial charge in [-0.3, -0.25) is 0 Å². The number of rotatable bonds is 1. The molecule has 0 bridgehead atoms. The van der Waals surface area contributed by atoms with Gasteiger partial charge in [0.15, 0.2) is 0 Å². The van der Waals surface area contributed by atoms with Crippen LogP contribution in [0.25, 0.3) is 0 Å². The van der Waals surface area contributed by atoms with E-state index in [1.807, 2.05) is 0 Å². The standard InChI is InChI=1S/C6H8Si.Na/c1-7-6-4-2-3-5-6;/h2-4H,5H2,1H3;/q;+1. The van der Waals surface area contributed by atoms with Crippen molar-refractivity contribution < 1.29 is 29.6 Å². The van der Waals surface area contributed by atoms with E-state index >= 15 is 0 Å². The first-order valence-corrected chi connectivity index (χ1v) is 3.97. The van der Waals surface area contributed by atoms with E-state index in [2.05, 4.69) is 24.8 Å². The summed E-state index contributed by atoms with van der Waals surface area (Å²) in [6, 6.07) is 0. The van der Waals surface area contributed by atoms with Crippen LogP contribution in [0.4, 0.5) is 0 Å². The molecule has 0 aromatic carbocycles. The van der Waals surface area contributed by atoms with Gasteiger partial charge in [0.2, 0.25) is 0 Å². The average molecular weight is 131 g/mol. The first-order valence-electron chi connectivity index (χ1n) is 2.47. The molecule has 8 heavy (non-hydrogen) atoms. The Morgan fingerprint density at radius 1 is 1.62 bits per heavy atom. The third-order valence-corrected chi connectivity index (χ3v) is 2.11. The summed E-state index contributed by atoms with van der Waals surface area (Å²) in [6.45, 7) is 2.22. The Kier molecular flexibility index (Phi) is 4.96. The molecule has 0 heterocycles. The van der Waals surface area contributed by atoms with Gasteiger partial charge >= 0.3 is 29.6 Å². The van der Waals surface area contributed by atoms with E-state index in [0.29, 0.717) is 0 Å². The Balaban J connectivity index is 0.000000490. The van der Waals surface area contributed by atoms with Gasteiger partial charge < -0.3 is 0 Å². The van der Waals surface area contributed by atoms with Crippen molar-refractivity contribution in [2.24, 2.45) is 0 Å². The fourth-order valence-electron chi connectivity index (χ4n) is 0.633. The summed E-state index contributed by atoms with van der Waals surface area (Å²) in [5, 5.41) is 1.58. The van der Waals surface area contributed by atoms with Gasteiger partial charge in [0.05, 0.1) is 9.52 Å². The monoisotopic (exact) mass is 131 g/mol. The van der Waals surface area contributed by atoms with Gasteiger partial charge in [-0.1, -0.05) is 30.0 Å². The molecule has 36 valence electrons. The summed E-state index contributed by atoms with van der Waals surface area (Å²) in [7, 11) is 1.01. The molecular formula is C6H8NaSi+. The zero-order chi connectivity index (χ0) is 5.11. The Labute approximate surface area is 75.2 Å². The van der Waals surface area contributed by atoms with Gasteiger partial charge in [-0.05, 0) is 6.42 Å². The van der Waals surface area contributed by atoms with Gasteiger partial charge in [0, 0.05) is 0 Å². The Morgan fingerprint density at radius 2 is 2.38 bits per heavy atom. The zero-order valence-corrected chi connectivity index (χ0v) is 8.44. The van der Waals surface area contributed by atoms with Crippen LogP contribution in [0, 0.1) is 0 Å². The van der Waals surface area contributed by atoms with Crippen LogP contribution in [-0.2, 0) is 0 Å². The van der Waals surface area contributed by atoms with E-state index in [1.54, 1.807) is 5.20 Å². The molecule has 1 aliphatic rings. The van der Waals surface area contributed by atoms with E-state index in [4.69, 9.17) is 0 Å². The van der Waals surface area contributed by atoms with E-state index in [0.717, 1.165) is 9.52 Å². The second-order valence-electron chi connectivity index (χ2n) is 1.57. The topological polar surface area (TPSA) is 0 Å². The third-order valence-electron chi connectivity index (χ3n) is 1.09. The molecule has 0 fully saturated rings. The number of hydrogen-bond acceptors (Lipinski definition) is 0. The van der Waals surface area contributed by atoms with Gasteiger partial charge in [0.25, 0.3) is 0 Å². The summed E-state index contributed by atoms with van der Waals surface area (Å²) in [5.74, 6) is 0. The third kappa shape index (κ3) is 2.31. The normalized spacial score (nSPS) is 15.4. The summed E-state index contributed by atoms with van der Waals surface area (Å²) in [4.78, 5) is 0. The van der Waals surface area contributed by atoms with Crippen molar-refractivity contribution in [1.82, 2.24) is 0 Å². The van der Waals surface area contributed by atoms with E-state index < -0.39 is 0 Å². The molecule has 1 aliphatic carbocycles. The molecule has 0 amide bonds. The van der Waals surface area contributed by atoms with Crippen LogP contribution in [0.3, 0.4) is 0 Å². The summed E-state index contributed by atoms with van der Waals surface area (Å²) in [6.07, 6.45) is 7.74. The number of allylic oxidation sites excluding steroid dienone is 4. The zero-order valence-electron chi connectivity index (χ0n) is 5.44. The fourth-order valence-corrected chi connectivity index (χ4v) is 1.22. The molecular weight excluding hydrogens is 123 g/mol. The minimum atomic E-state index is 0. The molecule has 0 aromatic heterocycles. The van der Waals surface area contributed by atoms with Crippen LogP contribution >= 0.6 is 0 Å². The molecule has 0 unspecified atom stereocenters. The summed E-state index contributed by atoms with van der Waals surface area (Å²) >= 11 is 0. The predicted octanol–water partition coefficient (Wildman–Crippen LogP) is -1.41. The minimum Gasteiger partial charge on any atom is -0.0819 e. The molecule has 0 saturated carbocycles. The van der Waals surface area contributed by atoms with Crippen molar-refractivity contribution in [1.29, 1.82) is 0 Å². The van der Waals surface area contributed by atoms with Crippen LogP contribution in [-0.4, -0.2) is 9.52 Å². The van der Waals surface area contributed by atoms with Crippen molar-refractivity contribution in [2.45, 2.75) is 13.0 Å². The molecule has 0 nitrogen and oxygen atoms in total. The molecule has 0 aromatic rings. The first-order chi connectivity index (χ1) is 3.43. The van der Waals surface area contributed by atoms with Crippen LogP contribution in [0.5, 0.6) is 0 Å². The molecule has 0 aliphatic heterocycles. The predicted molar refractivity (Wildman–Crippen MR) is 33.5 cm³/mol. The SMILES string of the molecule is C[Si]C1=CC=CC1.[Na+]. The smallest absolute Gasteiger partial charge is 0.0819 e. The fraction of sp³-hybridized carbons (Fsp3) is 0.333. The maximum absolute atomic E-state index is 2.22. The molecule has 2 heteroatoms. The van der Waals surface area contributed by atoms with Crippen LogP contribution in [0.1, 0.15) is 6.42 Å². The van der Waals surface area contributed by atoms with Crippen LogP contribution in [0.2, 0.25) is 6.55 Å². The molecule has 0 N–H and O–H groups in total. The van der Waals surface area contributed by atoms with Gasteiger partial charge in [-0.2, -0.15) is 0 Å². The van der Waals surface area contributed by atoms with Gasteiger partial charge in [-0.25, -0.2) is 0 Å². The Hall–Kier alpha value is 0.697.